The van der Waals surface area contributed by atoms with E-state index in [0.29, 0.717) is 47.0 Å². The van der Waals surface area contributed by atoms with Gasteiger partial charge < -0.3 is 18.9 Å². The normalized spacial score (nSPS) is 22.4. The van der Waals surface area contributed by atoms with E-state index in [1.807, 2.05) is 78.9 Å². The smallest absolute Gasteiger partial charge is 0.231 e. The average Bonchev–Trinajstić information content (AvgIpc) is 3.56. The standard InChI is InChI=1S/C29H21NO5/c30-16-29(23-4-2-1-3-5-23)14-21(10-19-6-8-24-26(12-19)34-17-32-24)28(31)22(15-29)11-20-7-9-25-27(13-20)35-18-33-25/h1-13H,14-15,17-18H2/b21-10-,22-11+. The number of rotatable bonds is 3. The van der Waals surface area contributed by atoms with Crippen molar-refractivity contribution in [3.05, 3.63) is 94.6 Å². The summed E-state index contributed by atoms with van der Waals surface area (Å²) in [5.74, 6) is 2.59. The van der Waals surface area contributed by atoms with Gasteiger partial charge in [-0.1, -0.05) is 42.5 Å². The van der Waals surface area contributed by atoms with E-state index in [1.165, 1.54) is 0 Å². The Labute approximate surface area is 202 Å². The highest BCUT2D eigenvalue weighted by molar-refractivity contribution is 6.14. The first-order valence-corrected chi connectivity index (χ1v) is 11.4. The predicted molar refractivity (Wildman–Crippen MR) is 129 cm³/mol. The van der Waals surface area contributed by atoms with E-state index in [9.17, 15) is 10.1 Å². The molecule has 1 unspecified atom stereocenters. The molecular weight excluding hydrogens is 442 g/mol. The number of carbonyl (C=O) groups is 1. The molecule has 1 atom stereocenters. The van der Waals surface area contributed by atoms with Crippen LogP contribution >= 0.6 is 0 Å². The molecular formula is C29H21NO5. The lowest BCUT2D eigenvalue weighted by Crippen LogP contribution is -2.33. The van der Waals surface area contributed by atoms with Gasteiger partial charge in [-0.05, 0) is 65.9 Å². The van der Waals surface area contributed by atoms with Crippen molar-refractivity contribution in [2.45, 2.75) is 18.3 Å². The number of Topliss-reactive ketones (excluding diaryl/α,β-unsaturated/α-hetero) is 1. The maximum atomic E-state index is 13.7. The minimum atomic E-state index is -0.862. The fraction of sp³-hybridized carbons (Fsp3) is 0.172. The summed E-state index contributed by atoms with van der Waals surface area (Å²) in [6.07, 6.45) is 4.34. The van der Waals surface area contributed by atoms with Gasteiger partial charge in [0.25, 0.3) is 0 Å². The van der Waals surface area contributed by atoms with Crippen LogP contribution in [0.1, 0.15) is 29.5 Å². The largest absolute Gasteiger partial charge is 0.454 e. The molecule has 0 N–H and O–H groups in total. The lowest BCUT2D eigenvalue weighted by Gasteiger charge is -2.33. The lowest BCUT2D eigenvalue weighted by atomic mass is 9.66. The number of ether oxygens (including phenoxy) is 4. The predicted octanol–water partition coefficient (Wildman–Crippen LogP) is 5.44. The monoisotopic (exact) mass is 463 g/mol. The summed E-state index contributed by atoms with van der Waals surface area (Å²) < 4.78 is 21.8. The van der Waals surface area contributed by atoms with Gasteiger partial charge in [0.05, 0.1) is 11.5 Å². The molecule has 0 aromatic heterocycles. The zero-order chi connectivity index (χ0) is 23.8. The Bertz CT molecular complexity index is 1350. The Morgan fingerprint density at radius 1 is 0.714 bits per heavy atom. The molecule has 35 heavy (non-hydrogen) atoms. The van der Waals surface area contributed by atoms with E-state index < -0.39 is 5.41 Å². The lowest BCUT2D eigenvalue weighted by molar-refractivity contribution is -0.113. The summed E-state index contributed by atoms with van der Waals surface area (Å²) in [5, 5.41) is 10.4. The molecule has 0 radical (unpaired) electrons. The SMILES string of the molecule is N#CC1(c2ccccc2)C/C(=C/c2ccc3c(c2)OCO3)C(=O)/C(=C/c2ccc3c(c2)OCO3)C1. The van der Waals surface area contributed by atoms with Crippen LogP contribution in [0.15, 0.2) is 77.9 Å². The zero-order valence-electron chi connectivity index (χ0n) is 18.8. The van der Waals surface area contributed by atoms with Gasteiger partial charge in [0.1, 0.15) is 0 Å². The molecule has 172 valence electrons. The number of nitriles is 1. The summed E-state index contributed by atoms with van der Waals surface area (Å²) >= 11 is 0. The summed E-state index contributed by atoms with van der Waals surface area (Å²) in [7, 11) is 0. The van der Waals surface area contributed by atoms with Crippen LogP contribution in [0, 0.1) is 11.3 Å². The Morgan fingerprint density at radius 3 is 1.74 bits per heavy atom. The second-order valence-electron chi connectivity index (χ2n) is 8.81. The van der Waals surface area contributed by atoms with E-state index in [2.05, 4.69) is 6.07 Å². The highest BCUT2D eigenvalue weighted by Crippen LogP contribution is 2.44. The van der Waals surface area contributed by atoms with E-state index >= 15 is 0 Å². The molecule has 1 fully saturated rings. The first-order valence-electron chi connectivity index (χ1n) is 11.4. The van der Waals surface area contributed by atoms with Crippen LogP contribution < -0.4 is 18.9 Å². The van der Waals surface area contributed by atoms with Gasteiger partial charge in [-0.25, -0.2) is 0 Å². The number of hydrogen-bond acceptors (Lipinski definition) is 6. The Kier molecular flexibility index (Phi) is 5.04. The number of nitrogens with zero attached hydrogens (tertiary/aromatic N) is 1. The minimum Gasteiger partial charge on any atom is -0.454 e. The fourth-order valence-electron chi connectivity index (χ4n) is 4.83. The van der Waals surface area contributed by atoms with Gasteiger partial charge in [0.15, 0.2) is 28.8 Å². The van der Waals surface area contributed by atoms with Crippen LogP contribution in [-0.4, -0.2) is 19.4 Å². The summed E-state index contributed by atoms with van der Waals surface area (Å²) in [6.45, 7) is 0.366. The fourth-order valence-corrected chi connectivity index (χ4v) is 4.83. The molecule has 1 aliphatic carbocycles. The van der Waals surface area contributed by atoms with E-state index in [4.69, 9.17) is 18.9 Å². The maximum absolute atomic E-state index is 13.7. The molecule has 3 aliphatic rings. The number of fused-ring (bicyclic) bond motifs is 2. The van der Waals surface area contributed by atoms with Gasteiger partial charge in [-0.15, -0.1) is 0 Å². The average molecular weight is 463 g/mol. The molecule has 0 spiro atoms. The molecule has 2 aliphatic heterocycles. The Balaban J connectivity index is 1.45. The second-order valence-corrected chi connectivity index (χ2v) is 8.81. The maximum Gasteiger partial charge on any atom is 0.231 e. The molecule has 3 aromatic carbocycles. The first kappa shape index (κ1) is 21.1. The summed E-state index contributed by atoms with van der Waals surface area (Å²) in [4.78, 5) is 13.7. The highest BCUT2D eigenvalue weighted by atomic mass is 16.7. The molecule has 6 nitrogen and oxygen atoms in total. The summed E-state index contributed by atoms with van der Waals surface area (Å²) in [6, 6.07) is 23.4. The minimum absolute atomic E-state index is 0.0675. The van der Waals surface area contributed by atoms with E-state index in [-0.39, 0.29) is 19.4 Å². The molecule has 6 rings (SSSR count). The van der Waals surface area contributed by atoms with Crippen molar-refractivity contribution < 1.29 is 23.7 Å². The Morgan fingerprint density at radius 2 is 1.23 bits per heavy atom. The summed E-state index contributed by atoms with van der Waals surface area (Å²) in [5.41, 5.74) is 2.83. The van der Waals surface area contributed by atoms with Crippen molar-refractivity contribution in [3.63, 3.8) is 0 Å². The van der Waals surface area contributed by atoms with Crippen LogP contribution in [0.4, 0.5) is 0 Å². The number of carbonyl (C=O) groups excluding carboxylic acids is 1. The number of ketones is 1. The van der Waals surface area contributed by atoms with Gasteiger partial charge in [-0.3, -0.25) is 4.79 Å². The molecule has 0 amide bonds. The molecule has 0 bridgehead atoms. The molecule has 2 heterocycles. The van der Waals surface area contributed by atoms with Crippen LogP contribution in [-0.2, 0) is 10.2 Å². The van der Waals surface area contributed by atoms with Crippen molar-refractivity contribution in [1.29, 1.82) is 5.26 Å². The van der Waals surface area contributed by atoms with Gasteiger partial charge in [-0.2, -0.15) is 5.26 Å². The molecule has 3 aromatic rings. The zero-order valence-corrected chi connectivity index (χ0v) is 18.8. The first-order chi connectivity index (χ1) is 17.1. The number of allylic oxidation sites excluding steroid dienone is 2. The Hall–Kier alpha value is -4.50. The third-order valence-corrected chi connectivity index (χ3v) is 6.58. The van der Waals surface area contributed by atoms with E-state index in [1.54, 1.807) is 0 Å². The molecule has 1 saturated carbocycles. The third-order valence-electron chi connectivity index (χ3n) is 6.58. The highest BCUT2D eigenvalue weighted by Gasteiger charge is 2.41. The topological polar surface area (TPSA) is 77.8 Å². The quantitative estimate of drug-likeness (QED) is 0.482. The van der Waals surface area contributed by atoms with Crippen molar-refractivity contribution in [1.82, 2.24) is 0 Å². The van der Waals surface area contributed by atoms with Crippen LogP contribution in [0.25, 0.3) is 12.2 Å². The number of benzene rings is 3. The van der Waals surface area contributed by atoms with Crippen LogP contribution in [0.5, 0.6) is 23.0 Å². The van der Waals surface area contributed by atoms with Crippen LogP contribution in [0.2, 0.25) is 0 Å². The molecule has 6 heteroatoms. The van der Waals surface area contributed by atoms with Crippen molar-refractivity contribution in [2.24, 2.45) is 0 Å². The van der Waals surface area contributed by atoms with E-state index in [0.717, 1.165) is 16.7 Å². The number of hydrogen-bond donors (Lipinski definition) is 0. The van der Waals surface area contributed by atoms with Gasteiger partial charge in [0.2, 0.25) is 13.6 Å². The van der Waals surface area contributed by atoms with Crippen LogP contribution in [0.3, 0.4) is 0 Å². The van der Waals surface area contributed by atoms with Gasteiger partial charge in [0, 0.05) is 11.1 Å². The third kappa shape index (κ3) is 3.81. The van der Waals surface area contributed by atoms with Crippen molar-refractivity contribution in [2.75, 3.05) is 13.6 Å². The van der Waals surface area contributed by atoms with Crippen molar-refractivity contribution >= 4 is 17.9 Å². The van der Waals surface area contributed by atoms with Crippen molar-refractivity contribution in [3.8, 4) is 29.1 Å². The molecule has 0 saturated heterocycles. The second kappa shape index (κ2) is 8.37. The van der Waals surface area contributed by atoms with Gasteiger partial charge >= 0.3 is 0 Å².